The molecular formula is C16H26N2O2S. The third kappa shape index (κ3) is 3.77. The number of anilines is 1. The average Bonchev–Trinajstić information content (AvgIpc) is 2.23. The van der Waals surface area contributed by atoms with Crippen LogP contribution in [0.4, 0.5) is 5.69 Å². The highest BCUT2D eigenvalue weighted by atomic mass is 32.2. The van der Waals surface area contributed by atoms with Crippen LogP contribution in [0.3, 0.4) is 0 Å². The molecule has 0 spiro atoms. The summed E-state index contributed by atoms with van der Waals surface area (Å²) in [7, 11) is -3.49. The second-order valence-corrected chi connectivity index (χ2v) is 8.37. The third-order valence-electron chi connectivity index (χ3n) is 4.25. The molecule has 0 saturated heterocycles. The van der Waals surface area contributed by atoms with Gasteiger partial charge >= 0.3 is 0 Å². The molecule has 0 aliphatic heterocycles. The van der Waals surface area contributed by atoms with E-state index in [-0.39, 0.29) is 6.04 Å². The first-order valence-corrected chi connectivity index (χ1v) is 9.06. The van der Waals surface area contributed by atoms with E-state index in [9.17, 15) is 8.42 Å². The van der Waals surface area contributed by atoms with E-state index < -0.39 is 10.0 Å². The fourth-order valence-electron chi connectivity index (χ4n) is 3.73. The number of nitrogens with two attached hydrogens (primary N) is 1. The summed E-state index contributed by atoms with van der Waals surface area (Å²) in [6, 6.07) is 3.46. The number of rotatable bonds is 3. The van der Waals surface area contributed by atoms with Gasteiger partial charge in [0, 0.05) is 11.7 Å². The highest BCUT2D eigenvalue weighted by Gasteiger charge is 2.29. The van der Waals surface area contributed by atoms with Gasteiger partial charge in [-0.25, -0.2) is 13.1 Å². The Hall–Kier alpha value is -1.07. The molecule has 0 amide bonds. The second kappa shape index (κ2) is 5.97. The van der Waals surface area contributed by atoms with Gasteiger partial charge in [0.2, 0.25) is 10.0 Å². The molecule has 2 atom stereocenters. The van der Waals surface area contributed by atoms with Crippen LogP contribution in [0.15, 0.2) is 17.0 Å². The Balaban J connectivity index is 2.27. The summed E-state index contributed by atoms with van der Waals surface area (Å²) in [5.41, 5.74) is 7.79. The van der Waals surface area contributed by atoms with Gasteiger partial charge in [0.15, 0.2) is 0 Å². The van der Waals surface area contributed by atoms with E-state index in [1.807, 2.05) is 0 Å². The molecule has 1 aliphatic rings. The maximum Gasteiger partial charge on any atom is 0.241 e. The number of hydrogen-bond donors (Lipinski definition) is 2. The summed E-state index contributed by atoms with van der Waals surface area (Å²) >= 11 is 0. The zero-order chi connectivity index (χ0) is 15.8. The van der Waals surface area contributed by atoms with Crippen molar-refractivity contribution in [3.8, 4) is 0 Å². The minimum absolute atomic E-state index is 0.0325. The molecule has 2 rings (SSSR count). The number of benzene rings is 1. The van der Waals surface area contributed by atoms with E-state index >= 15 is 0 Å². The molecule has 4 nitrogen and oxygen atoms in total. The average molecular weight is 310 g/mol. The number of hydrogen-bond acceptors (Lipinski definition) is 3. The van der Waals surface area contributed by atoms with Crippen LogP contribution >= 0.6 is 0 Å². The molecule has 1 fully saturated rings. The van der Waals surface area contributed by atoms with Crippen LogP contribution in [0, 0.1) is 25.7 Å². The lowest BCUT2D eigenvalue weighted by molar-refractivity contribution is 0.257. The molecule has 1 aliphatic carbocycles. The van der Waals surface area contributed by atoms with E-state index in [0.29, 0.717) is 33.5 Å². The molecule has 0 heterocycles. The van der Waals surface area contributed by atoms with Crippen LogP contribution < -0.4 is 10.5 Å². The van der Waals surface area contributed by atoms with Gasteiger partial charge in [-0.2, -0.15) is 0 Å². The van der Waals surface area contributed by atoms with E-state index in [2.05, 4.69) is 18.6 Å². The highest BCUT2D eigenvalue weighted by Crippen LogP contribution is 2.30. The number of aryl methyl sites for hydroxylation is 2. The van der Waals surface area contributed by atoms with Gasteiger partial charge < -0.3 is 5.73 Å². The summed E-state index contributed by atoms with van der Waals surface area (Å²) in [6.45, 7) is 7.97. The van der Waals surface area contributed by atoms with Gasteiger partial charge in [0.05, 0.1) is 4.90 Å². The number of nitrogens with one attached hydrogen (secondary N) is 1. The van der Waals surface area contributed by atoms with E-state index in [1.165, 1.54) is 6.42 Å². The van der Waals surface area contributed by atoms with Crippen LogP contribution in [0.1, 0.15) is 44.2 Å². The molecule has 21 heavy (non-hydrogen) atoms. The standard InChI is InChI=1S/C16H26N2O2S/c1-10-5-11(2)7-15(6-10)18-21(19,20)16-12(3)8-14(17)9-13(16)4/h8-11,15,18H,5-7,17H2,1-4H3. The minimum atomic E-state index is -3.49. The van der Waals surface area contributed by atoms with Crippen LogP contribution in [0.2, 0.25) is 0 Å². The molecule has 1 aromatic rings. The van der Waals surface area contributed by atoms with E-state index in [1.54, 1.807) is 26.0 Å². The molecule has 5 heteroatoms. The molecule has 0 aromatic heterocycles. The Morgan fingerprint density at radius 3 is 2.00 bits per heavy atom. The first kappa shape index (κ1) is 16.3. The molecule has 0 bridgehead atoms. The second-order valence-electron chi connectivity index (χ2n) is 6.72. The van der Waals surface area contributed by atoms with Crippen molar-refractivity contribution < 1.29 is 8.42 Å². The Morgan fingerprint density at radius 2 is 1.52 bits per heavy atom. The van der Waals surface area contributed by atoms with Gasteiger partial charge in [0.1, 0.15) is 0 Å². The maximum absolute atomic E-state index is 12.7. The first-order chi connectivity index (χ1) is 9.69. The zero-order valence-corrected chi connectivity index (χ0v) is 14.1. The fourth-order valence-corrected chi connectivity index (χ4v) is 5.44. The predicted octanol–water partition coefficient (Wildman–Crippen LogP) is 2.99. The van der Waals surface area contributed by atoms with Crippen molar-refractivity contribution in [2.75, 3.05) is 5.73 Å². The summed E-state index contributed by atoms with van der Waals surface area (Å²) in [5, 5.41) is 0. The van der Waals surface area contributed by atoms with Gasteiger partial charge in [-0.05, 0) is 68.2 Å². The normalized spacial score (nSPS) is 26.8. The van der Waals surface area contributed by atoms with Gasteiger partial charge in [-0.3, -0.25) is 0 Å². The third-order valence-corrected chi connectivity index (χ3v) is 6.08. The minimum Gasteiger partial charge on any atom is -0.399 e. The largest absolute Gasteiger partial charge is 0.399 e. The smallest absolute Gasteiger partial charge is 0.241 e. The fraction of sp³-hybridized carbons (Fsp3) is 0.625. The van der Waals surface area contributed by atoms with Crippen LogP contribution in [-0.2, 0) is 10.0 Å². The predicted molar refractivity (Wildman–Crippen MR) is 86.6 cm³/mol. The molecule has 3 N–H and O–H groups in total. The number of nitrogen functional groups attached to an aromatic ring is 1. The monoisotopic (exact) mass is 310 g/mol. The molecule has 2 unspecified atom stereocenters. The van der Waals surface area contributed by atoms with Crippen molar-refractivity contribution in [3.05, 3.63) is 23.3 Å². The van der Waals surface area contributed by atoms with Crippen molar-refractivity contribution in [1.29, 1.82) is 0 Å². The molecule has 0 radical (unpaired) electrons. The van der Waals surface area contributed by atoms with Crippen molar-refractivity contribution in [2.45, 2.75) is 57.9 Å². The van der Waals surface area contributed by atoms with E-state index in [0.717, 1.165) is 12.8 Å². The van der Waals surface area contributed by atoms with Gasteiger partial charge in [0.25, 0.3) is 0 Å². The Labute approximate surface area is 128 Å². The van der Waals surface area contributed by atoms with Gasteiger partial charge in [-0.1, -0.05) is 13.8 Å². The highest BCUT2D eigenvalue weighted by molar-refractivity contribution is 7.89. The van der Waals surface area contributed by atoms with Crippen LogP contribution in [0.5, 0.6) is 0 Å². The summed E-state index contributed by atoms with van der Waals surface area (Å²) in [4.78, 5) is 0.377. The molecule has 118 valence electrons. The van der Waals surface area contributed by atoms with Crippen molar-refractivity contribution >= 4 is 15.7 Å². The summed E-state index contributed by atoms with van der Waals surface area (Å²) < 4.78 is 28.3. The Morgan fingerprint density at radius 1 is 1.05 bits per heavy atom. The lowest BCUT2D eigenvalue weighted by Gasteiger charge is -2.32. The lowest BCUT2D eigenvalue weighted by Crippen LogP contribution is -2.40. The number of sulfonamides is 1. The Bertz CT molecular complexity index is 592. The molecule has 1 saturated carbocycles. The first-order valence-electron chi connectivity index (χ1n) is 7.58. The van der Waals surface area contributed by atoms with Gasteiger partial charge in [-0.15, -0.1) is 0 Å². The zero-order valence-electron chi connectivity index (χ0n) is 13.3. The summed E-state index contributed by atoms with van der Waals surface area (Å²) in [6.07, 6.45) is 3.01. The van der Waals surface area contributed by atoms with Crippen LogP contribution in [0.25, 0.3) is 0 Å². The molecular weight excluding hydrogens is 284 g/mol. The van der Waals surface area contributed by atoms with Crippen molar-refractivity contribution in [1.82, 2.24) is 4.72 Å². The van der Waals surface area contributed by atoms with Crippen molar-refractivity contribution in [3.63, 3.8) is 0 Å². The SMILES string of the molecule is Cc1cc(N)cc(C)c1S(=O)(=O)NC1CC(C)CC(C)C1. The topological polar surface area (TPSA) is 72.2 Å². The van der Waals surface area contributed by atoms with E-state index in [4.69, 9.17) is 5.73 Å². The molecule has 1 aromatic carbocycles. The summed E-state index contributed by atoms with van der Waals surface area (Å²) in [5.74, 6) is 1.13. The van der Waals surface area contributed by atoms with Crippen LogP contribution in [-0.4, -0.2) is 14.5 Å². The lowest BCUT2D eigenvalue weighted by atomic mass is 9.81. The quantitative estimate of drug-likeness (QED) is 0.843. The Kier molecular flexibility index (Phi) is 4.63. The maximum atomic E-state index is 12.7. The van der Waals surface area contributed by atoms with Crippen molar-refractivity contribution in [2.24, 2.45) is 11.8 Å².